The minimum Gasteiger partial charge on any atom is -0.493 e. The standard InChI is InChI=1S/C14H11ClN2O2S/c15-13-3-4-14(17-16-13)20-8-11(18)9-1-2-12-10(7-9)5-6-19-12/h1-4,7H,5-6,8H2. The van der Waals surface area contributed by atoms with E-state index in [0.717, 1.165) is 17.7 Å². The van der Waals surface area contributed by atoms with Crippen LogP contribution < -0.4 is 4.74 Å². The van der Waals surface area contributed by atoms with Gasteiger partial charge >= 0.3 is 0 Å². The predicted molar refractivity (Wildman–Crippen MR) is 77.7 cm³/mol. The number of rotatable bonds is 4. The van der Waals surface area contributed by atoms with Crippen molar-refractivity contribution in [3.8, 4) is 5.75 Å². The van der Waals surface area contributed by atoms with E-state index in [1.165, 1.54) is 11.8 Å². The number of hydrogen-bond donors (Lipinski definition) is 0. The fourth-order valence-corrected chi connectivity index (χ4v) is 2.77. The molecule has 1 aliphatic heterocycles. The average molecular weight is 307 g/mol. The molecule has 0 saturated carbocycles. The number of nitrogens with zero attached hydrogens (tertiary/aromatic N) is 2. The van der Waals surface area contributed by atoms with Crippen LogP contribution in [0.3, 0.4) is 0 Å². The minimum absolute atomic E-state index is 0.0708. The van der Waals surface area contributed by atoms with Crippen LogP contribution in [0.15, 0.2) is 35.4 Å². The van der Waals surface area contributed by atoms with Crippen LogP contribution in [0.4, 0.5) is 0 Å². The third-order valence-electron chi connectivity index (χ3n) is 2.97. The molecule has 0 unspecified atom stereocenters. The zero-order chi connectivity index (χ0) is 13.9. The maximum atomic E-state index is 12.1. The monoisotopic (exact) mass is 306 g/mol. The van der Waals surface area contributed by atoms with E-state index in [4.69, 9.17) is 16.3 Å². The van der Waals surface area contributed by atoms with E-state index in [9.17, 15) is 4.79 Å². The first-order chi connectivity index (χ1) is 9.72. The van der Waals surface area contributed by atoms with Crippen LogP contribution in [0.1, 0.15) is 15.9 Å². The van der Waals surface area contributed by atoms with E-state index < -0.39 is 0 Å². The Balaban J connectivity index is 1.66. The van der Waals surface area contributed by atoms with Crippen LogP contribution in [0.2, 0.25) is 5.15 Å². The number of ether oxygens (including phenoxy) is 1. The quantitative estimate of drug-likeness (QED) is 0.642. The van der Waals surface area contributed by atoms with Crippen LogP contribution >= 0.6 is 23.4 Å². The number of fused-ring (bicyclic) bond motifs is 1. The third kappa shape index (κ3) is 2.94. The van der Waals surface area contributed by atoms with Crippen molar-refractivity contribution in [1.29, 1.82) is 0 Å². The molecule has 3 rings (SSSR count). The van der Waals surface area contributed by atoms with Crippen LogP contribution in [0.5, 0.6) is 5.75 Å². The molecule has 0 N–H and O–H groups in total. The molecule has 1 aliphatic rings. The molecule has 0 radical (unpaired) electrons. The fraction of sp³-hybridized carbons (Fsp3) is 0.214. The van der Waals surface area contributed by atoms with Crippen molar-refractivity contribution in [2.45, 2.75) is 11.4 Å². The Morgan fingerprint density at radius 2 is 2.20 bits per heavy atom. The van der Waals surface area contributed by atoms with Crippen LogP contribution in [-0.4, -0.2) is 28.3 Å². The number of Topliss-reactive ketones (excluding diaryl/α,β-unsaturated/α-hetero) is 1. The summed E-state index contributed by atoms with van der Waals surface area (Å²) in [5, 5.41) is 8.69. The molecule has 1 aromatic heterocycles. The van der Waals surface area contributed by atoms with Crippen molar-refractivity contribution in [3.63, 3.8) is 0 Å². The molecule has 0 spiro atoms. The molecule has 0 atom stereocenters. The Morgan fingerprint density at radius 1 is 1.30 bits per heavy atom. The molecule has 2 heterocycles. The summed E-state index contributed by atoms with van der Waals surface area (Å²) in [5.41, 5.74) is 1.82. The number of benzene rings is 1. The van der Waals surface area contributed by atoms with Crippen molar-refractivity contribution < 1.29 is 9.53 Å². The van der Waals surface area contributed by atoms with Crippen molar-refractivity contribution in [1.82, 2.24) is 10.2 Å². The molecule has 102 valence electrons. The predicted octanol–water partition coefficient (Wildman–Crippen LogP) is 3.04. The molecular formula is C14H11ClN2O2S. The van der Waals surface area contributed by atoms with E-state index >= 15 is 0 Å². The van der Waals surface area contributed by atoms with Crippen molar-refractivity contribution >= 4 is 29.1 Å². The first-order valence-electron chi connectivity index (χ1n) is 6.13. The average Bonchev–Trinajstić information content (AvgIpc) is 2.93. The van der Waals surface area contributed by atoms with Gasteiger partial charge < -0.3 is 4.74 Å². The Kier molecular flexibility index (Phi) is 3.89. The highest BCUT2D eigenvalue weighted by atomic mass is 35.5. The molecule has 0 aliphatic carbocycles. The summed E-state index contributed by atoms with van der Waals surface area (Å²) in [5.74, 6) is 1.29. The van der Waals surface area contributed by atoms with Crippen LogP contribution in [0, 0.1) is 0 Å². The van der Waals surface area contributed by atoms with Gasteiger partial charge in [-0.1, -0.05) is 23.4 Å². The molecule has 4 nitrogen and oxygen atoms in total. The molecule has 2 aromatic rings. The van der Waals surface area contributed by atoms with Gasteiger partial charge in [0.2, 0.25) is 0 Å². The second kappa shape index (κ2) is 5.81. The van der Waals surface area contributed by atoms with Gasteiger partial charge in [-0.15, -0.1) is 10.2 Å². The van der Waals surface area contributed by atoms with Crippen LogP contribution in [0.25, 0.3) is 0 Å². The highest BCUT2D eigenvalue weighted by Crippen LogP contribution is 2.26. The van der Waals surface area contributed by atoms with E-state index in [0.29, 0.717) is 28.1 Å². The number of halogens is 1. The fourth-order valence-electron chi connectivity index (χ4n) is 1.96. The molecule has 0 amide bonds. The summed E-state index contributed by atoms with van der Waals surface area (Å²) in [6, 6.07) is 9.00. The number of aromatic nitrogens is 2. The number of hydrogen-bond acceptors (Lipinski definition) is 5. The van der Waals surface area contributed by atoms with Gasteiger partial charge in [0.05, 0.1) is 12.4 Å². The highest BCUT2D eigenvalue weighted by molar-refractivity contribution is 7.99. The van der Waals surface area contributed by atoms with Gasteiger partial charge in [0, 0.05) is 12.0 Å². The first-order valence-corrected chi connectivity index (χ1v) is 7.50. The van der Waals surface area contributed by atoms with Crippen molar-refractivity contribution in [2.24, 2.45) is 0 Å². The summed E-state index contributed by atoms with van der Waals surface area (Å²) in [6.07, 6.45) is 0.867. The second-order valence-corrected chi connectivity index (χ2v) is 5.71. The lowest BCUT2D eigenvalue weighted by atomic mass is 10.1. The lowest BCUT2D eigenvalue weighted by molar-refractivity contribution is 0.102. The van der Waals surface area contributed by atoms with Gasteiger partial charge in [-0.05, 0) is 35.9 Å². The van der Waals surface area contributed by atoms with Gasteiger partial charge in [0.1, 0.15) is 10.8 Å². The van der Waals surface area contributed by atoms with E-state index in [2.05, 4.69) is 10.2 Å². The largest absolute Gasteiger partial charge is 0.493 e. The van der Waals surface area contributed by atoms with E-state index in [-0.39, 0.29) is 5.78 Å². The Morgan fingerprint density at radius 3 is 3.00 bits per heavy atom. The van der Waals surface area contributed by atoms with Crippen LogP contribution in [-0.2, 0) is 6.42 Å². The highest BCUT2D eigenvalue weighted by Gasteiger charge is 2.15. The summed E-state index contributed by atoms with van der Waals surface area (Å²) in [4.78, 5) is 12.1. The SMILES string of the molecule is O=C(CSc1ccc(Cl)nn1)c1ccc2c(c1)CCO2. The topological polar surface area (TPSA) is 52.1 Å². The molecule has 20 heavy (non-hydrogen) atoms. The zero-order valence-corrected chi connectivity index (χ0v) is 12.1. The number of carbonyl (C=O) groups is 1. The summed E-state index contributed by atoms with van der Waals surface area (Å²) in [7, 11) is 0. The maximum Gasteiger partial charge on any atom is 0.173 e. The lowest BCUT2D eigenvalue weighted by Crippen LogP contribution is -2.03. The molecular weight excluding hydrogens is 296 g/mol. The summed E-state index contributed by atoms with van der Waals surface area (Å²) >= 11 is 7.02. The number of thioether (sulfide) groups is 1. The van der Waals surface area contributed by atoms with Crippen molar-refractivity contribution in [3.05, 3.63) is 46.6 Å². The summed E-state index contributed by atoms with van der Waals surface area (Å²) in [6.45, 7) is 0.697. The number of ketones is 1. The van der Waals surface area contributed by atoms with Gasteiger partial charge in [0.25, 0.3) is 0 Å². The van der Waals surface area contributed by atoms with Crippen molar-refractivity contribution in [2.75, 3.05) is 12.4 Å². The van der Waals surface area contributed by atoms with Gasteiger partial charge in [-0.2, -0.15) is 0 Å². The summed E-state index contributed by atoms with van der Waals surface area (Å²) < 4.78 is 5.43. The maximum absolute atomic E-state index is 12.1. The molecule has 0 saturated heterocycles. The van der Waals surface area contributed by atoms with Gasteiger partial charge in [0.15, 0.2) is 10.9 Å². The smallest absolute Gasteiger partial charge is 0.173 e. The Bertz CT molecular complexity index is 646. The molecule has 0 fully saturated rings. The first kappa shape index (κ1) is 13.4. The molecule has 1 aromatic carbocycles. The third-order valence-corrected chi connectivity index (χ3v) is 4.09. The second-order valence-electron chi connectivity index (χ2n) is 4.33. The van der Waals surface area contributed by atoms with E-state index in [1.54, 1.807) is 18.2 Å². The minimum atomic E-state index is 0.0708. The van der Waals surface area contributed by atoms with E-state index in [1.807, 2.05) is 12.1 Å². The lowest BCUT2D eigenvalue weighted by Gasteiger charge is -2.03. The van der Waals surface area contributed by atoms with Gasteiger partial charge in [-0.25, -0.2) is 0 Å². The number of carbonyl (C=O) groups excluding carboxylic acids is 1. The van der Waals surface area contributed by atoms with Gasteiger partial charge in [-0.3, -0.25) is 4.79 Å². The Hall–Kier alpha value is -1.59. The normalized spacial score (nSPS) is 12.8. The molecule has 0 bridgehead atoms. The Labute approximate surface area is 125 Å². The zero-order valence-electron chi connectivity index (χ0n) is 10.5. The molecule has 6 heteroatoms.